The zero-order valence-corrected chi connectivity index (χ0v) is 15.3. The molecular formula is C22H26N2O2. The van der Waals surface area contributed by atoms with Gasteiger partial charge in [0.05, 0.1) is 0 Å². The van der Waals surface area contributed by atoms with Gasteiger partial charge in [-0.1, -0.05) is 48.9 Å². The Hall–Kier alpha value is -2.62. The summed E-state index contributed by atoms with van der Waals surface area (Å²) in [6, 6.07) is 17.8. The van der Waals surface area contributed by atoms with Gasteiger partial charge in [-0.15, -0.1) is 0 Å². The van der Waals surface area contributed by atoms with Gasteiger partial charge in [-0.3, -0.25) is 9.59 Å². The fraction of sp³-hybridized carbons (Fsp3) is 0.364. The van der Waals surface area contributed by atoms with E-state index >= 15 is 0 Å². The summed E-state index contributed by atoms with van der Waals surface area (Å²) in [5.41, 5.74) is 3.02. The van der Waals surface area contributed by atoms with Crippen molar-refractivity contribution >= 4 is 17.5 Å². The second-order valence-corrected chi connectivity index (χ2v) is 7.06. The smallest absolute Gasteiger partial charge is 0.226 e. The van der Waals surface area contributed by atoms with Gasteiger partial charge in [-0.25, -0.2) is 0 Å². The molecule has 2 aromatic carbocycles. The number of amides is 2. The predicted molar refractivity (Wildman–Crippen MR) is 104 cm³/mol. The van der Waals surface area contributed by atoms with Crippen LogP contribution in [0.1, 0.15) is 36.8 Å². The average molecular weight is 350 g/mol. The zero-order valence-electron chi connectivity index (χ0n) is 15.3. The number of hydrogen-bond donors (Lipinski definition) is 1. The van der Waals surface area contributed by atoms with Gasteiger partial charge in [0, 0.05) is 31.1 Å². The Morgan fingerprint density at radius 3 is 2.69 bits per heavy atom. The number of nitrogens with one attached hydrogen (secondary N) is 1. The van der Waals surface area contributed by atoms with Crippen LogP contribution in [-0.4, -0.2) is 23.3 Å². The van der Waals surface area contributed by atoms with Crippen LogP contribution >= 0.6 is 0 Å². The number of anilines is 1. The van der Waals surface area contributed by atoms with E-state index in [9.17, 15) is 9.59 Å². The molecule has 1 aliphatic heterocycles. The highest BCUT2D eigenvalue weighted by molar-refractivity contribution is 5.94. The molecule has 0 aromatic heterocycles. The summed E-state index contributed by atoms with van der Waals surface area (Å²) in [5.74, 6) is -0.215. The minimum absolute atomic E-state index is 0.0875. The van der Waals surface area contributed by atoms with Gasteiger partial charge < -0.3 is 10.2 Å². The second kappa shape index (κ2) is 8.65. The molecule has 2 aromatic rings. The summed E-state index contributed by atoms with van der Waals surface area (Å²) in [4.78, 5) is 27.3. The normalized spacial score (nSPS) is 17.7. The highest BCUT2D eigenvalue weighted by Gasteiger charge is 2.28. The van der Waals surface area contributed by atoms with E-state index < -0.39 is 0 Å². The van der Waals surface area contributed by atoms with E-state index in [0.29, 0.717) is 6.54 Å². The number of hydrogen-bond acceptors (Lipinski definition) is 2. The Labute approximate surface area is 155 Å². The molecule has 4 nitrogen and oxygen atoms in total. The van der Waals surface area contributed by atoms with E-state index in [1.165, 1.54) is 0 Å². The van der Waals surface area contributed by atoms with Gasteiger partial charge in [0.2, 0.25) is 11.8 Å². The van der Waals surface area contributed by atoms with Crippen LogP contribution in [-0.2, 0) is 16.1 Å². The van der Waals surface area contributed by atoms with E-state index in [1.807, 2.05) is 66.4 Å². The summed E-state index contributed by atoms with van der Waals surface area (Å²) in [6.07, 6.45) is 3.01. The summed E-state index contributed by atoms with van der Waals surface area (Å²) in [5, 5.41) is 2.93. The maximum atomic E-state index is 12.9. The molecule has 0 radical (unpaired) electrons. The summed E-state index contributed by atoms with van der Waals surface area (Å²) in [6.45, 7) is 3.38. The van der Waals surface area contributed by atoms with Gasteiger partial charge in [-0.2, -0.15) is 0 Å². The van der Waals surface area contributed by atoms with Gasteiger partial charge >= 0.3 is 0 Å². The van der Waals surface area contributed by atoms with E-state index in [-0.39, 0.29) is 24.2 Å². The van der Waals surface area contributed by atoms with Gasteiger partial charge in [0.25, 0.3) is 0 Å². The van der Waals surface area contributed by atoms with Crippen molar-refractivity contribution in [1.82, 2.24) is 4.90 Å². The minimum atomic E-state index is -0.231. The van der Waals surface area contributed by atoms with E-state index in [4.69, 9.17) is 0 Å². The Morgan fingerprint density at radius 1 is 1.12 bits per heavy atom. The first kappa shape index (κ1) is 18.2. The zero-order chi connectivity index (χ0) is 18.4. The van der Waals surface area contributed by atoms with Crippen LogP contribution < -0.4 is 5.32 Å². The Bertz CT molecular complexity index is 758. The average Bonchev–Trinajstić information content (AvgIpc) is 2.79. The van der Waals surface area contributed by atoms with Gasteiger partial charge in [0.1, 0.15) is 0 Å². The maximum Gasteiger partial charge on any atom is 0.226 e. The highest BCUT2D eigenvalue weighted by Crippen LogP contribution is 2.23. The lowest BCUT2D eigenvalue weighted by atomic mass is 9.98. The van der Waals surface area contributed by atoms with E-state index in [1.54, 1.807) is 0 Å². The topological polar surface area (TPSA) is 49.4 Å². The summed E-state index contributed by atoms with van der Waals surface area (Å²) < 4.78 is 0. The molecule has 3 rings (SSSR count). The quantitative estimate of drug-likeness (QED) is 0.880. The summed E-state index contributed by atoms with van der Waals surface area (Å²) in [7, 11) is 0. The number of carbonyl (C=O) groups is 2. The van der Waals surface area contributed by atoms with Gasteiger partial charge in [0.15, 0.2) is 0 Å². The number of rotatable bonds is 5. The SMILES string of the molecule is Cc1cccc(NC(=O)CC2CCCCN(Cc3ccccc3)C2=O)c1. The Kier molecular flexibility index (Phi) is 6.05. The van der Waals surface area contributed by atoms with Crippen LogP contribution in [0.25, 0.3) is 0 Å². The molecule has 0 aliphatic carbocycles. The van der Waals surface area contributed by atoms with Crippen LogP contribution in [0, 0.1) is 12.8 Å². The van der Waals surface area contributed by atoms with Crippen LogP contribution in [0.3, 0.4) is 0 Å². The van der Waals surface area contributed by atoms with Crippen LogP contribution in [0.15, 0.2) is 54.6 Å². The van der Waals surface area contributed by atoms with Crippen molar-refractivity contribution < 1.29 is 9.59 Å². The standard InChI is InChI=1S/C22H26N2O2/c1-17-8-7-12-20(14-17)23-21(25)15-19-11-5-6-13-24(22(19)26)16-18-9-3-2-4-10-18/h2-4,7-10,12,14,19H,5-6,11,13,15-16H2,1H3,(H,23,25). The molecule has 26 heavy (non-hydrogen) atoms. The third-order valence-electron chi connectivity index (χ3n) is 4.84. The molecule has 0 saturated carbocycles. The monoisotopic (exact) mass is 350 g/mol. The number of aryl methyl sites for hydroxylation is 1. The maximum absolute atomic E-state index is 12.9. The second-order valence-electron chi connectivity index (χ2n) is 7.06. The first-order valence-corrected chi connectivity index (χ1v) is 9.31. The highest BCUT2D eigenvalue weighted by atomic mass is 16.2. The number of carbonyl (C=O) groups excluding carboxylic acids is 2. The van der Waals surface area contributed by atoms with Crippen molar-refractivity contribution in [3.8, 4) is 0 Å². The molecule has 0 bridgehead atoms. The first-order valence-electron chi connectivity index (χ1n) is 9.31. The lowest BCUT2D eigenvalue weighted by Gasteiger charge is -2.24. The van der Waals surface area contributed by atoms with E-state index in [2.05, 4.69) is 5.32 Å². The lowest BCUT2D eigenvalue weighted by molar-refractivity contribution is -0.137. The molecule has 2 amide bonds. The molecule has 136 valence electrons. The molecule has 1 unspecified atom stereocenters. The van der Waals surface area contributed by atoms with Crippen molar-refractivity contribution in [2.45, 2.75) is 39.2 Å². The molecule has 0 spiro atoms. The molecule has 1 N–H and O–H groups in total. The number of nitrogens with zero attached hydrogens (tertiary/aromatic N) is 1. The Morgan fingerprint density at radius 2 is 1.92 bits per heavy atom. The Balaban J connectivity index is 1.62. The van der Waals surface area contributed by atoms with E-state index in [0.717, 1.165) is 42.6 Å². The van der Waals surface area contributed by atoms with Gasteiger partial charge in [-0.05, 0) is 43.0 Å². The van der Waals surface area contributed by atoms with Crippen molar-refractivity contribution in [2.75, 3.05) is 11.9 Å². The number of benzene rings is 2. The van der Waals surface area contributed by atoms with Crippen molar-refractivity contribution in [2.24, 2.45) is 5.92 Å². The molecular weight excluding hydrogens is 324 g/mol. The molecule has 1 heterocycles. The van der Waals surface area contributed by atoms with Crippen LogP contribution in [0.4, 0.5) is 5.69 Å². The lowest BCUT2D eigenvalue weighted by Crippen LogP contribution is -2.36. The third-order valence-corrected chi connectivity index (χ3v) is 4.84. The molecule has 1 fully saturated rings. The minimum Gasteiger partial charge on any atom is -0.338 e. The van der Waals surface area contributed by atoms with Crippen LogP contribution in [0.5, 0.6) is 0 Å². The summed E-state index contributed by atoms with van der Waals surface area (Å²) >= 11 is 0. The van der Waals surface area contributed by atoms with Crippen molar-refractivity contribution in [3.05, 3.63) is 65.7 Å². The molecule has 1 atom stereocenters. The van der Waals surface area contributed by atoms with Crippen molar-refractivity contribution in [3.63, 3.8) is 0 Å². The van der Waals surface area contributed by atoms with Crippen LogP contribution in [0.2, 0.25) is 0 Å². The number of likely N-dealkylation sites (tertiary alicyclic amines) is 1. The first-order chi connectivity index (χ1) is 12.6. The fourth-order valence-electron chi connectivity index (χ4n) is 3.49. The molecule has 1 saturated heterocycles. The largest absolute Gasteiger partial charge is 0.338 e. The third kappa shape index (κ3) is 4.94. The molecule has 4 heteroatoms. The molecule has 1 aliphatic rings. The predicted octanol–water partition coefficient (Wildman–Crippen LogP) is 4.15. The fourth-order valence-corrected chi connectivity index (χ4v) is 3.49. The van der Waals surface area contributed by atoms with Crippen molar-refractivity contribution in [1.29, 1.82) is 0 Å².